The van der Waals surface area contributed by atoms with Gasteiger partial charge in [-0.3, -0.25) is 5.10 Å². The molecule has 0 spiro atoms. The predicted octanol–water partition coefficient (Wildman–Crippen LogP) is 3.35. The van der Waals surface area contributed by atoms with E-state index >= 15 is 0 Å². The highest BCUT2D eigenvalue weighted by Gasteiger charge is 2.11. The summed E-state index contributed by atoms with van der Waals surface area (Å²) in [7, 11) is 1.61. The molecule has 0 aliphatic carbocycles. The highest BCUT2D eigenvalue weighted by atomic mass is 32.1. The summed E-state index contributed by atoms with van der Waals surface area (Å²) >= 11 is 5.22. The average Bonchev–Trinajstić information content (AvgIpc) is 2.87. The quantitative estimate of drug-likeness (QED) is 0.655. The van der Waals surface area contributed by atoms with Gasteiger partial charge >= 0.3 is 0 Å². The van der Waals surface area contributed by atoms with E-state index in [-0.39, 0.29) is 5.92 Å². The van der Waals surface area contributed by atoms with E-state index in [4.69, 9.17) is 21.7 Å². The Morgan fingerprint density at radius 1 is 1.45 bits per heavy atom. The first-order valence-corrected chi connectivity index (χ1v) is 7.50. The lowest BCUT2D eigenvalue weighted by molar-refractivity contribution is 0.310. The van der Waals surface area contributed by atoms with Crippen LogP contribution >= 0.6 is 12.2 Å². The molecule has 118 valence electrons. The number of rotatable bonds is 6. The zero-order valence-electron chi connectivity index (χ0n) is 13.2. The van der Waals surface area contributed by atoms with E-state index in [2.05, 4.69) is 15.3 Å². The molecular formula is C15H20N4O2S. The lowest BCUT2D eigenvalue weighted by atomic mass is 10.2. The third-order valence-corrected chi connectivity index (χ3v) is 3.29. The molecule has 1 N–H and O–H groups in total. The molecule has 0 aliphatic heterocycles. The van der Waals surface area contributed by atoms with Gasteiger partial charge in [0, 0.05) is 11.5 Å². The summed E-state index contributed by atoms with van der Waals surface area (Å²) in [6, 6.07) is 5.65. The number of benzene rings is 1. The fourth-order valence-corrected chi connectivity index (χ4v) is 2.19. The standard InChI is InChI=1S/C15H20N4O2S/c1-5-21-13-11(7-6-8-12(13)20-4)9-16-19-14(10(2)3)17-18-15(19)22/h6-10H,5H2,1-4H3,(H,18,22)/b16-9-. The first-order valence-electron chi connectivity index (χ1n) is 7.10. The SMILES string of the molecule is CCOc1c(/C=N\n2c(C(C)C)n[nH]c2=S)cccc1OC. The molecule has 0 radical (unpaired) electrons. The Labute approximate surface area is 134 Å². The molecule has 0 unspecified atom stereocenters. The van der Waals surface area contributed by atoms with Crippen molar-refractivity contribution < 1.29 is 9.47 Å². The van der Waals surface area contributed by atoms with Gasteiger partial charge in [0.1, 0.15) is 0 Å². The van der Waals surface area contributed by atoms with Gasteiger partial charge in [0.15, 0.2) is 17.3 Å². The van der Waals surface area contributed by atoms with Gasteiger partial charge < -0.3 is 9.47 Å². The van der Waals surface area contributed by atoms with Crippen molar-refractivity contribution in [3.05, 3.63) is 34.4 Å². The second-order valence-electron chi connectivity index (χ2n) is 4.91. The number of hydrogen-bond acceptors (Lipinski definition) is 5. The summed E-state index contributed by atoms with van der Waals surface area (Å²) in [6.07, 6.45) is 1.70. The molecule has 0 amide bonds. The van der Waals surface area contributed by atoms with Crippen molar-refractivity contribution in [1.82, 2.24) is 14.9 Å². The van der Waals surface area contributed by atoms with Gasteiger partial charge in [-0.15, -0.1) is 0 Å². The van der Waals surface area contributed by atoms with Crippen molar-refractivity contribution in [1.29, 1.82) is 0 Å². The van der Waals surface area contributed by atoms with E-state index < -0.39 is 0 Å². The molecule has 0 saturated carbocycles. The maximum Gasteiger partial charge on any atom is 0.216 e. The smallest absolute Gasteiger partial charge is 0.216 e. The normalized spacial score (nSPS) is 11.3. The molecule has 1 aromatic carbocycles. The highest BCUT2D eigenvalue weighted by molar-refractivity contribution is 7.71. The molecule has 0 bridgehead atoms. The lowest BCUT2D eigenvalue weighted by Gasteiger charge is -2.11. The molecule has 22 heavy (non-hydrogen) atoms. The van der Waals surface area contributed by atoms with Crippen molar-refractivity contribution in [2.45, 2.75) is 26.7 Å². The van der Waals surface area contributed by atoms with Crippen LogP contribution in [0.15, 0.2) is 23.3 Å². The van der Waals surface area contributed by atoms with Gasteiger partial charge in [0.2, 0.25) is 4.77 Å². The van der Waals surface area contributed by atoms with Crippen LogP contribution in [0, 0.1) is 4.77 Å². The summed E-state index contributed by atoms with van der Waals surface area (Å²) in [4.78, 5) is 0. The molecular weight excluding hydrogens is 300 g/mol. The van der Waals surface area contributed by atoms with E-state index in [9.17, 15) is 0 Å². The van der Waals surface area contributed by atoms with Crippen LogP contribution in [0.25, 0.3) is 0 Å². The zero-order chi connectivity index (χ0) is 16.1. The van der Waals surface area contributed by atoms with Crippen molar-refractivity contribution in [3.63, 3.8) is 0 Å². The van der Waals surface area contributed by atoms with Crippen LogP contribution in [0.1, 0.15) is 38.1 Å². The topological polar surface area (TPSA) is 64.4 Å². The van der Waals surface area contributed by atoms with Gasteiger partial charge in [-0.25, -0.2) is 0 Å². The van der Waals surface area contributed by atoms with Crippen molar-refractivity contribution in [2.24, 2.45) is 5.10 Å². The minimum atomic E-state index is 0.210. The lowest BCUT2D eigenvalue weighted by Crippen LogP contribution is -2.03. The number of aromatic nitrogens is 3. The molecule has 2 rings (SSSR count). The molecule has 1 heterocycles. The van der Waals surface area contributed by atoms with Gasteiger partial charge in [-0.1, -0.05) is 19.9 Å². The van der Waals surface area contributed by atoms with Crippen LogP contribution in [-0.4, -0.2) is 34.8 Å². The monoisotopic (exact) mass is 320 g/mol. The molecule has 6 nitrogen and oxygen atoms in total. The van der Waals surface area contributed by atoms with Crippen molar-refractivity contribution in [3.8, 4) is 11.5 Å². The Morgan fingerprint density at radius 2 is 2.23 bits per heavy atom. The zero-order valence-corrected chi connectivity index (χ0v) is 14.0. The number of nitrogens with zero attached hydrogens (tertiary/aromatic N) is 3. The Balaban J connectivity index is 2.43. The highest BCUT2D eigenvalue weighted by Crippen LogP contribution is 2.30. The first kappa shape index (κ1) is 16.2. The van der Waals surface area contributed by atoms with E-state index in [0.29, 0.717) is 22.9 Å². The average molecular weight is 320 g/mol. The third kappa shape index (κ3) is 3.36. The second kappa shape index (κ2) is 7.22. The third-order valence-electron chi connectivity index (χ3n) is 3.02. The fraction of sp³-hybridized carbons (Fsp3) is 0.400. The largest absolute Gasteiger partial charge is 0.493 e. The Morgan fingerprint density at radius 3 is 2.86 bits per heavy atom. The number of aromatic amines is 1. The van der Waals surface area contributed by atoms with Gasteiger partial charge in [0.25, 0.3) is 0 Å². The number of para-hydroxylation sites is 1. The van der Waals surface area contributed by atoms with Crippen molar-refractivity contribution >= 4 is 18.4 Å². The molecule has 0 fully saturated rings. The molecule has 7 heteroatoms. The van der Waals surface area contributed by atoms with Crippen LogP contribution in [0.5, 0.6) is 11.5 Å². The molecule has 0 atom stereocenters. The minimum Gasteiger partial charge on any atom is -0.493 e. The summed E-state index contributed by atoms with van der Waals surface area (Å²) in [6.45, 7) is 6.54. The Hall–Kier alpha value is -2.15. The van der Waals surface area contributed by atoms with Crippen LogP contribution in [0.3, 0.4) is 0 Å². The maximum atomic E-state index is 5.66. The van der Waals surface area contributed by atoms with Gasteiger partial charge in [0.05, 0.1) is 19.9 Å². The van der Waals surface area contributed by atoms with E-state index in [1.165, 1.54) is 0 Å². The van der Waals surface area contributed by atoms with E-state index in [1.54, 1.807) is 18.0 Å². The number of hydrogen-bond donors (Lipinski definition) is 1. The number of ether oxygens (including phenoxy) is 2. The Bertz CT molecular complexity index is 719. The van der Waals surface area contributed by atoms with Crippen molar-refractivity contribution in [2.75, 3.05) is 13.7 Å². The number of H-pyrrole nitrogens is 1. The summed E-state index contributed by atoms with van der Waals surface area (Å²) in [5.41, 5.74) is 0.819. The van der Waals surface area contributed by atoms with Crippen LogP contribution < -0.4 is 9.47 Å². The summed E-state index contributed by atoms with van der Waals surface area (Å²) < 4.78 is 13.1. The molecule has 2 aromatic rings. The fourth-order valence-electron chi connectivity index (χ4n) is 2.00. The van der Waals surface area contributed by atoms with Crippen LogP contribution in [0.4, 0.5) is 0 Å². The minimum absolute atomic E-state index is 0.210. The summed E-state index contributed by atoms with van der Waals surface area (Å²) in [5.74, 6) is 2.33. The maximum absolute atomic E-state index is 5.66. The van der Waals surface area contributed by atoms with Gasteiger partial charge in [-0.05, 0) is 31.3 Å². The van der Waals surface area contributed by atoms with Gasteiger partial charge in [-0.2, -0.15) is 14.9 Å². The first-order chi connectivity index (χ1) is 10.6. The Kier molecular flexibility index (Phi) is 5.32. The van der Waals surface area contributed by atoms with Crippen LogP contribution in [-0.2, 0) is 0 Å². The molecule has 1 aromatic heterocycles. The number of methoxy groups -OCH3 is 1. The summed E-state index contributed by atoms with van der Waals surface area (Å²) in [5, 5.41) is 11.4. The molecule has 0 saturated heterocycles. The number of nitrogens with one attached hydrogen (secondary N) is 1. The predicted molar refractivity (Wildman–Crippen MR) is 88.7 cm³/mol. The van der Waals surface area contributed by atoms with E-state index in [0.717, 1.165) is 11.4 Å². The molecule has 0 aliphatic rings. The van der Waals surface area contributed by atoms with E-state index in [1.807, 2.05) is 39.0 Å². The second-order valence-corrected chi connectivity index (χ2v) is 5.30. The van der Waals surface area contributed by atoms with Crippen LogP contribution in [0.2, 0.25) is 0 Å².